The summed E-state index contributed by atoms with van der Waals surface area (Å²) in [6.07, 6.45) is 0. The molecule has 0 bridgehead atoms. The Bertz CT molecular complexity index is 121. The number of halogens is 3. The first-order valence-corrected chi connectivity index (χ1v) is 4.27. The molecule has 48 valence electrons. The largest absolute Gasteiger partial charge is 0.506 e. The zero-order valence-electron chi connectivity index (χ0n) is 4.00. The highest BCUT2D eigenvalue weighted by Gasteiger charge is 2.28. The van der Waals surface area contributed by atoms with Gasteiger partial charge in [0.2, 0.25) is 0 Å². The summed E-state index contributed by atoms with van der Waals surface area (Å²) in [6.45, 7) is 2.69. The fourth-order valence-corrected chi connectivity index (χ4v) is 0.517. The van der Waals surface area contributed by atoms with Crippen molar-refractivity contribution in [3.63, 3.8) is 0 Å². The molecule has 0 fully saturated rings. The molecule has 1 nitrogen and oxygen atoms in total. The fraction of sp³-hybridized carbons (Fsp3) is 0.250. The lowest BCUT2D eigenvalue weighted by Crippen LogP contribution is -2.07. The van der Waals surface area contributed by atoms with Crippen LogP contribution >= 0.6 is 20.7 Å². The number of aliphatic hydroxyl groups excluding tert-OH is 1. The van der Waals surface area contributed by atoms with Crippen LogP contribution in [0.25, 0.3) is 0 Å². The van der Waals surface area contributed by atoms with Gasteiger partial charge < -0.3 is 5.11 Å². The highest BCUT2D eigenvalue weighted by Crippen LogP contribution is 2.32. The zero-order valence-corrected chi connectivity index (χ0v) is 6.15. The molecular weight excluding hydrogens is 229 g/mol. The molecule has 0 aromatic rings. The van der Waals surface area contributed by atoms with Gasteiger partial charge in [-0.3, -0.25) is 0 Å². The summed E-state index contributed by atoms with van der Waals surface area (Å²) in [5.41, 5.74) is 0. The molecule has 0 saturated heterocycles. The summed E-state index contributed by atoms with van der Waals surface area (Å²) in [6, 6.07) is 0. The highest BCUT2D eigenvalue weighted by molar-refractivity contribution is 14.2. The smallest absolute Gasteiger partial charge is 0.346 e. The Morgan fingerprint density at radius 3 is 2.00 bits per heavy atom. The molecule has 0 heterocycles. The molecule has 0 saturated carbocycles. The summed E-state index contributed by atoms with van der Waals surface area (Å²) in [7, 11) is 0. The van der Waals surface area contributed by atoms with Gasteiger partial charge in [-0.2, -0.15) is 8.78 Å². The molecule has 0 aliphatic rings. The summed E-state index contributed by atoms with van der Waals surface area (Å²) in [5, 5.41) is 8.12. The van der Waals surface area contributed by atoms with Crippen LogP contribution in [0.3, 0.4) is 0 Å². The van der Waals surface area contributed by atoms with Gasteiger partial charge in [-0.25, -0.2) is 0 Å². The molecule has 0 spiro atoms. The predicted octanol–water partition coefficient (Wildman–Crippen LogP) is 2.05. The van der Waals surface area contributed by atoms with Crippen molar-refractivity contribution in [3.8, 4) is 0 Å². The third-order valence-corrected chi connectivity index (χ3v) is 2.08. The van der Waals surface area contributed by atoms with Gasteiger partial charge in [0.05, 0.1) is 0 Å². The SMILES string of the molecule is C=IC(F)(F)C(=C)O. The van der Waals surface area contributed by atoms with Crippen LogP contribution in [0.4, 0.5) is 8.78 Å². The van der Waals surface area contributed by atoms with E-state index in [4.69, 9.17) is 5.11 Å². The van der Waals surface area contributed by atoms with E-state index >= 15 is 0 Å². The van der Waals surface area contributed by atoms with Crippen molar-refractivity contribution in [1.82, 2.24) is 0 Å². The Balaban J connectivity index is 4.12. The van der Waals surface area contributed by atoms with Crippen LogP contribution in [0.5, 0.6) is 0 Å². The van der Waals surface area contributed by atoms with Crippen LogP contribution in [-0.4, -0.2) is 13.6 Å². The van der Waals surface area contributed by atoms with E-state index in [2.05, 4.69) is 11.1 Å². The quantitative estimate of drug-likeness (QED) is 0.440. The lowest BCUT2D eigenvalue weighted by molar-refractivity contribution is 0.112. The second-order valence-corrected chi connectivity index (χ2v) is 3.20. The van der Waals surface area contributed by atoms with Crippen LogP contribution < -0.4 is 0 Å². The minimum Gasteiger partial charge on any atom is -0.506 e. The van der Waals surface area contributed by atoms with E-state index in [9.17, 15) is 8.78 Å². The minimum atomic E-state index is -3.10. The van der Waals surface area contributed by atoms with Gasteiger partial charge in [-0.05, 0) is 20.7 Å². The summed E-state index contributed by atoms with van der Waals surface area (Å²) < 4.78 is 23.7. The average molecular weight is 234 g/mol. The van der Waals surface area contributed by atoms with Crippen LogP contribution in [0.15, 0.2) is 12.3 Å². The van der Waals surface area contributed by atoms with Gasteiger partial charge in [-0.15, -0.1) is 0 Å². The third kappa shape index (κ3) is 1.85. The van der Waals surface area contributed by atoms with E-state index in [1.54, 1.807) is 0 Å². The third-order valence-electron chi connectivity index (χ3n) is 0.495. The minimum absolute atomic E-state index is 1.07. The first-order chi connectivity index (χ1) is 3.50. The Labute approximate surface area is 55.8 Å². The zero-order chi connectivity index (χ0) is 6.78. The molecule has 0 aromatic carbocycles. The van der Waals surface area contributed by atoms with Crippen LogP contribution in [0.2, 0.25) is 0 Å². The van der Waals surface area contributed by atoms with Crippen molar-refractivity contribution in [2.45, 2.75) is 3.93 Å². The Morgan fingerprint density at radius 2 is 2.00 bits per heavy atom. The van der Waals surface area contributed by atoms with Crippen LogP contribution in [-0.2, 0) is 0 Å². The molecular formula is C4H5F2IO. The first-order valence-electron chi connectivity index (χ1n) is 1.66. The van der Waals surface area contributed by atoms with Crippen molar-refractivity contribution in [1.29, 1.82) is 0 Å². The Hall–Kier alpha value is 0. The second-order valence-electron chi connectivity index (χ2n) is 1.08. The molecule has 0 rings (SSSR count). The number of alkyl halides is 3. The Kier molecular flexibility index (Phi) is 2.52. The second kappa shape index (κ2) is 2.52. The molecule has 0 aliphatic heterocycles. The molecule has 0 amide bonds. The highest BCUT2D eigenvalue weighted by atomic mass is 127. The number of hydrogen-bond donors (Lipinski definition) is 1. The fourth-order valence-electron chi connectivity index (χ4n) is 0.0771. The van der Waals surface area contributed by atoms with Crippen molar-refractivity contribution in [2.75, 3.05) is 0 Å². The maximum atomic E-state index is 11.9. The normalized spacial score (nSPS) is 11.2. The van der Waals surface area contributed by atoms with Crippen LogP contribution in [0, 0.1) is 0 Å². The Morgan fingerprint density at radius 1 is 1.62 bits per heavy atom. The van der Waals surface area contributed by atoms with Gasteiger partial charge in [0, 0.05) is 0 Å². The van der Waals surface area contributed by atoms with Crippen molar-refractivity contribution < 1.29 is 13.9 Å². The number of hydrogen-bond acceptors (Lipinski definition) is 1. The van der Waals surface area contributed by atoms with Crippen molar-refractivity contribution in [3.05, 3.63) is 12.3 Å². The van der Waals surface area contributed by atoms with Crippen molar-refractivity contribution >= 4 is 25.2 Å². The molecule has 8 heavy (non-hydrogen) atoms. The first kappa shape index (κ1) is 8.00. The number of rotatable bonds is 2. The number of allylic oxidation sites excluding steroid dienone is 1. The maximum Gasteiger partial charge on any atom is 0.346 e. The predicted molar refractivity (Wildman–Crippen MR) is 37.9 cm³/mol. The average Bonchev–Trinajstić information content (AvgIpc) is 1.67. The van der Waals surface area contributed by atoms with E-state index in [0.717, 1.165) is 0 Å². The monoisotopic (exact) mass is 234 g/mol. The summed E-state index contributed by atoms with van der Waals surface area (Å²) in [5.74, 6) is -1.07. The van der Waals surface area contributed by atoms with E-state index in [1.165, 1.54) is 0 Å². The van der Waals surface area contributed by atoms with E-state index < -0.39 is 30.4 Å². The number of aliphatic hydroxyl groups is 1. The lowest BCUT2D eigenvalue weighted by atomic mass is 10.6. The molecule has 4 heteroatoms. The van der Waals surface area contributed by atoms with Gasteiger partial charge in [0.25, 0.3) is 0 Å². The maximum absolute atomic E-state index is 11.9. The van der Waals surface area contributed by atoms with Crippen molar-refractivity contribution in [2.24, 2.45) is 0 Å². The topological polar surface area (TPSA) is 20.2 Å². The van der Waals surface area contributed by atoms with Gasteiger partial charge >= 0.3 is 3.93 Å². The standard InChI is InChI=1S/C4H5F2IO/c1-3(8)4(5,6)7-2/h8H,1-2H2. The molecule has 0 atom stereocenters. The lowest BCUT2D eigenvalue weighted by Gasteiger charge is -2.05. The van der Waals surface area contributed by atoms with Gasteiger partial charge in [-0.1, -0.05) is 11.1 Å². The van der Waals surface area contributed by atoms with E-state index in [1.807, 2.05) is 0 Å². The molecule has 0 aliphatic carbocycles. The molecule has 0 radical (unpaired) electrons. The molecule has 0 unspecified atom stereocenters. The molecule has 1 N–H and O–H groups in total. The van der Waals surface area contributed by atoms with Gasteiger partial charge in [0.15, 0.2) is 5.76 Å². The molecule has 0 aromatic heterocycles. The van der Waals surface area contributed by atoms with E-state index in [0.29, 0.717) is 0 Å². The van der Waals surface area contributed by atoms with Crippen LogP contribution in [0.1, 0.15) is 0 Å². The van der Waals surface area contributed by atoms with Gasteiger partial charge in [0.1, 0.15) is 0 Å². The van der Waals surface area contributed by atoms with E-state index in [-0.39, 0.29) is 0 Å². The summed E-state index contributed by atoms with van der Waals surface area (Å²) >= 11 is -1.51. The summed E-state index contributed by atoms with van der Waals surface area (Å²) in [4.78, 5) is 0.